The van der Waals surface area contributed by atoms with Crippen LogP contribution in [0.3, 0.4) is 0 Å². The van der Waals surface area contributed by atoms with Gasteiger partial charge in [-0.3, -0.25) is 4.79 Å². The predicted octanol–water partition coefficient (Wildman–Crippen LogP) is 4.52. The molecule has 0 aromatic heterocycles. The second-order valence-electron chi connectivity index (χ2n) is 6.25. The highest BCUT2D eigenvalue weighted by Gasteiger charge is 2.28. The monoisotopic (exact) mass is 371 g/mol. The van der Waals surface area contributed by atoms with Gasteiger partial charge in [0.15, 0.2) is 11.5 Å². The molecule has 0 N–H and O–H groups in total. The molecule has 0 saturated carbocycles. The van der Waals surface area contributed by atoms with Crippen LogP contribution in [0.25, 0.3) is 6.08 Å². The van der Waals surface area contributed by atoms with E-state index in [0.717, 1.165) is 23.3 Å². The topological polar surface area (TPSA) is 38.8 Å². The Morgan fingerprint density at radius 1 is 1.15 bits per heavy atom. The van der Waals surface area contributed by atoms with Gasteiger partial charge >= 0.3 is 0 Å². The second-order valence-corrected chi connectivity index (χ2v) is 6.68. The molecule has 1 amide bonds. The van der Waals surface area contributed by atoms with Crippen molar-refractivity contribution >= 4 is 23.6 Å². The van der Waals surface area contributed by atoms with Gasteiger partial charge < -0.3 is 14.4 Å². The summed E-state index contributed by atoms with van der Waals surface area (Å²) in [6, 6.07) is 11.4. The molecule has 1 aliphatic rings. The lowest BCUT2D eigenvalue weighted by Gasteiger charge is -2.35. The van der Waals surface area contributed by atoms with E-state index in [9.17, 15) is 4.79 Å². The fourth-order valence-electron chi connectivity index (χ4n) is 3.28. The van der Waals surface area contributed by atoms with Crippen LogP contribution in [-0.4, -0.2) is 31.6 Å². The molecule has 4 nitrogen and oxygen atoms in total. The summed E-state index contributed by atoms with van der Waals surface area (Å²) in [5, 5.41) is 0.680. The Hall–Kier alpha value is -2.46. The van der Waals surface area contributed by atoms with E-state index in [0.29, 0.717) is 17.3 Å². The highest BCUT2D eigenvalue weighted by atomic mass is 35.5. The third-order valence-electron chi connectivity index (χ3n) is 4.76. The molecule has 136 valence electrons. The number of ether oxygens (including phenoxy) is 2. The Balaban J connectivity index is 1.80. The van der Waals surface area contributed by atoms with Crippen molar-refractivity contribution in [2.45, 2.75) is 19.4 Å². The molecule has 3 rings (SSSR count). The number of carbonyl (C=O) groups excluding carboxylic acids is 1. The number of hydrogen-bond acceptors (Lipinski definition) is 3. The quantitative estimate of drug-likeness (QED) is 0.742. The first-order valence-corrected chi connectivity index (χ1v) is 8.90. The van der Waals surface area contributed by atoms with E-state index in [2.05, 4.69) is 0 Å². The maximum atomic E-state index is 12.7. The minimum Gasteiger partial charge on any atom is -0.493 e. The number of rotatable bonds is 4. The molecule has 5 heteroatoms. The molecule has 1 unspecified atom stereocenters. The Morgan fingerprint density at radius 3 is 2.46 bits per heavy atom. The molecule has 0 radical (unpaired) electrons. The van der Waals surface area contributed by atoms with Crippen molar-refractivity contribution in [1.82, 2.24) is 4.90 Å². The molecule has 1 heterocycles. The van der Waals surface area contributed by atoms with Gasteiger partial charge in [0.05, 0.1) is 20.3 Å². The number of nitrogens with zero attached hydrogens (tertiary/aromatic N) is 1. The summed E-state index contributed by atoms with van der Waals surface area (Å²) in [6.07, 6.45) is 4.22. The van der Waals surface area contributed by atoms with Crippen LogP contribution >= 0.6 is 11.6 Å². The summed E-state index contributed by atoms with van der Waals surface area (Å²) in [5.41, 5.74) is 3.24. The maximum Gasteiger partial charge on any atom is 0.247 e. The van der Waals surface area contributed by atoms with Crippen molar-refractivity contribution in [1.29, 1.82) is 0 Å². The van der Waals surface area contributed by atoms with Gasteiger partial charge in [-0.2, -0.15) is 0 Å². The number of hydrogen-bond donors (Lipinski definition) is 0. The van der Waals surface area contributed by atoms with Crippen LogP contribution in [0.4, 0.5) is 0 Å². The van der Waals surface area contributed by atoms with Gasteiger partial charge in [0.1, 0.15) is 0 Å². The van der Waals surface area contributed by atoms with Crippen molar-refractivity contribution in [3.8, 4) is 11.5 Å². The number of methoxy groups -OCH3 is 2. The molecular formula is C21H22ClNO3. The normalized spacial score (nSPS) is 16.5. The van der Waals surface area contributed by atoms with E-state index >= 15 is 0 Å². The first-order chi connectivity index (χ1) is 12.5. The smallest absolute Gasteiger partial charge is 0.247 e. The first-order valence-electron chi connectivity index (χ1n) is 8.52. The van der Waals surface area contributed by atoms with Crippen LogP contribution in [0.1, 0.15) is 29.7 Å². The zero-order chi connectivity index (χ0) is 18.7. The molecule has 0 aliphatic carbocycles. The lowest BCUT2D eigenvalue weighted by atomic mass is 9.92. The van der Waals surface area contributed by atoms with Crippen molar-refractivity contribution in [2.24, 2.45) is 0 Å². The van der Waals surface area contributed by atoms with Crippen LogP contribution in [0, 0.1) is 0 Å². The van der Waals surface area contributed by atoms with Gasteiger partial charge in [-0.15, -0.1) is 0 Å². The predicted molar refractivity (Wildman–Crippen MR) is 104 cm³/mol. The van der Waals surface area contributed by atoms with E-state index in [1.54, 1.807) is 20.3 Å². The first kappa shape index (κ1) is 18.3. The van der Waals surface area contributed by atoms with Gasteiger partial charge in [-0.1, -0.05) is 23.7 Å². The van der Waals surface area contributed by atoms with Crippen LogP contribution in [0.2, 0.25) is 5.02 Å². The van der Waals surface area contributed by atoms with Crippen LogP contribution in [0.5, 0.6) is 11.5 Å². The highest BCUT2D eigenvalue weighted by Crippen LogP contribution is 2.37. The van der Waals surface area contributed by atoms with E-state index in [-0.39, 0.29) is 11.9 Å². The highest BCUT2D eigenvalue weighted by molar-refractivity contribution is 6.30. The summed E-state index contributed by atoms with van der Waals surface area (Å²) >= 11 is 5.89. The Bertz CT molecular complexity index is 830. The lowest BCUT2D eigenvalue weighted by molar-refractivity contribution is -0.128. The van der Waals surface area contributed by atoms with Gasteiger partial charge in [-0.05, 0) is 60.4 Å². The molecule has 1 atom stereocenters. The molecule has 0 spiro atoms. The van der Waals surface area contributed by atoms with Gasteiger partial charge in [0, 0.05) is 17.6 Å². The molecule has 0 bridgehead atoms. The summed E-state index contributed by atoms with van der Waals surface area (Å²) in [7, 11) is 3.25. The zero-order valence-corrected chi connectivity index (χ0v) is 15.9. The molecule has 26 heavy (non-hydrogen) atoms. The summed E-state index contributed by atoms with van der Waals surface area (Å²) < 4.78 is 10.8. The van der Waals surface area contributed by atoms with Crippen molar-refractivity contribution < 1.29 is 14.3 Å². The average Bonchev–Trinajstić information content (AvgIpc) is 2.66. The van der Waals surface area contributed by atoms with Gasteiger partial charge in [0.2, 0.25) is 5.91 Å². The molecule has 1 aliphatic heterocycles. The number of carbonyl (C=O) groups is 1. The van der Waals surface area contributed by atoms with Crippen LogP contribution < -0.4 is 9.47 Å². The third kappa shape index (κ3) is 3.70. The molecular weight excluding hydrogens is 350 g/mol. The summed E-state index contributed by atoms with van der Waals surface area (Å²) in [4.78, 5) is 14.6. The number of fused-ring (bicyclic) bond motifs is 1. The summed E-state index contributed by atoms with van der Waals surface area (Å²) in [6.45, 7) is 2.71. The molecule has 0 saturated heterocycles. The molecule has 2 aromatic carbocycles. The zero-order valence-electron chi connectivity index (χ0n) is 15.2. The fraction of sp³-hybridized carbons (Fsp3) is 0.286. The Morgan fingerprint density at radius 2 is 1.81 bits per heavy atom. The van der Waals surface area contributed by atoms with Crippen LogP contribution in [-0.2, 0) is 11.2 Å². The standard InChI is InChI=1S/C21H22ClNO3/c1-14-18-13-20(26-3)19(25-2)12-16(18)10-11-23(14)21(24)9-6-15-4-7-17(22)8-5-15/h4-9,12-14H,10-11H2,1-3H3/b9-6+. The average molecular weight is 372 g/mol. The van der Waals surface area contributed by atoms with E-state index < -0.39 is 0 Å². The van der Waals surface area contributed by atoms with Gasteiger partial charge in [0.25, 0.3) is 0 Å². The lowest BCUT2D eigenvalue weighted by Crippen LogP contribution is -2.37. The number of amides is 1. The van der Waals surface area contributed by atoms with Crippen molar-refractivity contribution in [3.05, 3.63) is 64.2 Å². The largest absolute Gasteiger partial charge is 0.493 e. The van der Waals surface area contributed by atoms with Crippen molar-refractivity contribution in [3.63, 3.8) is 0 Å². The SMILES string of the molecule is COc1cc2c(cc1OC)C(C)N(C(=O)/C=C/c1ccc(Cl)cc1)CC2. The van der Waals surface area contributed by atoms with E-state index in [4.69, 9.17) is 21.1 Å². The molecule has 0 fully saturated rings. The third-order valence-corrected chi connectivity index (χ3v) is 5.01. The number of benzene rings is 2. The second kappa shape index (κ2) is 7.83. The minimum absolute atomic E-state index is 0.00659. The molecule has 2 aromatic rings. The minimum atomic E-state index is -0.0269. The summed E-state index contributed by atoms with van der Waals surface area (Å²) in [5.74, 6) is 1.40. The van der Waals surface area contributed by atoms with Crippen molar-refractivity contribution in [2.75, 3.05) is 20.8 Å². The van der Waals surface area contributed by atoms with E-state index in [1.165, 1.54) is 5.56 Å². The Labute approximate surface area is 159 Å². The maximum absolute atomic E-state index is 12.7. The Kier molecular flexibility index (Phi) is 5.52. The van der Waals surface area contributed by atoms with Crippen LogP contribution in [0.15, 0.2) is 42.5 Å². The van der Waals surface area contributed by atoms with E-state index in [1.807, 2.05) is 54.3 Å². The van der Waals surface area contributed by atoms with Gasteiger partial charge in [-0.25, -0.2) is 0 Å². The number of halogens is 1. The fourth-order valence-corrected chi connectivity index (χ4v) is 3.41.